The van der Waals surface area contributed by atoms with Crippen LogP contribution in [-0.2, 0) is 0 Å². The molecule has 1 aromatic rings. The first-order valence-electron chi connectivity index (χ1n) is 4.46. The second-order valence-electron chi connectivity index (χ2n) is 3.14. The summed E-state index contributed by atoms with van der Waals surface area (Å²) in [5.74, 6) is -0.347. The zero-order valence-electron chi connectivity index (χ0n) is 7.71. The molecule has 0 fully saturated rings. The molecule has 2 nitrogen and oxygen atoms in total. The number of aliphatic hydroxyl groups excluding tert-OH is 1. The number of halogens is 2. The molecule has 0 bridgehead atoms. The van der Waals surface area contributed by atoms with Crippen LogP contribution in [0, 0.1) is 5.82 Å². The molecule has 1 aromatic carbocycles. The lowest BCUT2D eigenvalue weighted by Gasteiger charge is -2.12. The molecule has 1 rings (SSSR count). The first-order valence-corrected chi connectivity index (χ1v) is 4.84. The fourth-order valence-electron chi connectivity index (χ4n) is 1.27. The minimum absolute atomic E-state index is 0.0654. The number of aliphatic hydroxyl groups is 1. The molecule has 0 aromatic heterocycles. The Morgan fingerprint density at radius 2 is 2.21 bits per heavy atom. The van der Waals surface area contributed by atoms with E-state index in [0.29, 0.717) is 23.4 Å². The van der Waals surface area contributed by atoms with Gasteiger partial charge in [-0.3, -0.25) is 0 Å². The summed E-state index contributed by atoms with van der Waals surface area (Å²) in [6, 6.07) is 3.91. The van der Waals surface area contributed by atoms with Crippen LogP contribution in [0.25, 0.3) is 0 Å². The topological polar surface area (TPSA) is 46.2 Å². The van der Waals surface area contributed by atoms with Gasteiger partial charge in [0, 0.05) is 23.2 Å². The first kappa shape index (κ1) is 11.4. The number of rotatable bonds is 4. The molecule has 14 heavy (non-hydrogen) atoms. The highest BCUT2D eigenvalue weighted by Crippen LogP contribution is 2.22. The minimum Gasteiger partial charge on any atom is -0.396 e. The van der Waals surface area contributed by atoms with E-state index in [1.807, 2.05) is 0 Å². The average molecular weight is 218 g/mol. The Kier molecular flexibility index (Phi) is 4.32. The van der Waals surface area contributed by atoms with Gasteiger partial charge in [0.1, 0.15) is 5.82 Å². The molecule has 0 aliphatic rings. The standard InChI is InChI=1S/C10H13ClFNO/c11-7-3-4-9(12)8(6-7)10(13)2-1-5-14/h3-4,6,10,14H,1-2,5,13H2/t10-/m1/s1. The van der Waals surface area contributed by atoms with Crippen LogP contribution in [0.5, 0.6) is 0 Å². The fourth-order valence-corrected chi connectivity index (χ4v) is 1.45. The maximum atomic E-state index is 13.2. The van der Waals surface area contributed by atoms with E-state index in [2.05, 4.69) is 0 Å². The third kappa shape index (κ3) is 2.94. The summed E-state index contributed by atoms with van der Waals surface area (Å²) >= 11 is 5.72. The van der Waals surface area contributed by atoms with E-state index in [4.69, 9.17) is 22.4 Å². The minimum atomic E-state index is -0.402. The molecule has 0 unspecified atom stereocenters. The van der Waals surface area contributed by atoms with Gasteiger partial charge in [0.2, 0.25) is 0 Å². The van der Waals surface area contributed by atoms with Crippen molar-refractivity contribution in [3.63, 3.8) is 0 Å². The van der Waals surface area contributed by atoms with Gasteiger partial charge in [0.05, 0.1) is 0 Å². The van der Waals surface area contributed by atoms with E-state index in [-0.39, 0.29) is 12.4 Å². The van der Waals surface area contributed by atoms with Crippen molar-refractivity contribution in [3.05, 3.63) is 34.6 Å². The van der Waals surface area contributed by atoms with Crippen LogP contribution in [-0.4, -0.2) is 11.7 Å². The summed E-state index contributed by atoms with van der Waals surface area (Å²) in [4.78, 5) is 0. The predicted molar refractivity (Wildman–Crippen MR) is 54.7 cm³/mol. The Morgan fingerprint density at radius 3 is 2.86 bits per heavy atom. The Labute approximate surface area is 87.5 Å². The van der Waals surface area contributed by atoms with Crippen molar-refractivity contribution in [1.82, 2.24) is 0 Å². The highest BCUT2D eigenvalue weighted by Gasteiger charge is 2.11. The van der Waals surface area contributed by atoms with Crippen LogP contribution in [0.1, 0.15) is 24.4 Å². The number of hydrogen-bond donors (Lipinski definition) is 2. The molecule has 0 aliphatic heterocycles. The van der Waals surface area contributed by atoms with Gasteiger partial charge in [-0.25, -0.2) is 4.39 Å². The number of nitrogens with two attached hydrogens (primary N) is 1. The van der Waals surface area contributed by atoms with E-state index in [1.165, 1.54) is 18.2 Å². The lowest BCUT2D eigenvalue weighted by atomic mass is 10.0. The molecule has 0 saturated carbocycles. The fraction of sp³-hybridized carbons (Fsp3) is 0.400. The first-order chi connectivity index (χ1) is 6.65. The normalized spacial score (nSPS) is 12.9. The molecule has 0 spiro atoms. The highest BCUT2D eigenvalue weighted by molar-refractivity contribution is 6.30. The Balaban J connectivity index is 2.77. The molecule has 0 saturated heterocycles. The maximum absolute atomic E-state index is 13.2. The number of hydrogen-bond acceptors (Lipinski definition) is 2. The van der Waals surface area contributed by atoms with Gasteiger partial charge in [-0.1, -0.05) is 11.6 Å². The zero-order chi connectivity index (χ0) is 10.6. The second-order valence-corrected chi connectivity index (χ2v) is 3.57. The van der Waals surface area contributed by atoms with Crippen molar-refractivity contribution in [2.75, 3.05) is 6.61 Å². The quantitative estimate of drug-likeness (QED) is 0.813. The van der Waals surface area contributed by atoms with Crippen LogP contribution >= 0.6 is 11.6 Å². The summed E-state index contributed by atoms with van der Waals surface area (Å²) in [7, 11) is 0. The average Bonchev–Trinajstić information content (AvgIpc) is 2.18. The molecular weight excluding hydrogens is 205 g/mol. The van der Waals surface area contributed by atoms with E-state index in [9.17, 15) is 4.39 Å². The third-order valence-corrected chi connectivity index (χ3v) is 2.27. The van der Waals surface area contributed by atoms with E-state index in [1.54, 1.807) is 0 Å². The van der Waals surface area contributed by atoms with Gasteiger partial charge in [0.25, 0.3) is 0 Å². The molecule has 78 valence electrons. The van der Waals surface area contributed by atoms with Gasteiger partial charge < -0.3 is 10.8 Å². The van der Waals surface area contributed by atoms with Crippen molar-refractivity contribution in [2.24, 2.45) is 5.73 Å². The summed E-state index contributed by atoms with van der Waals surface area (Å²) < 4.78 is 13.2. The van der Waals surface area contributed by atoms with Crippen LogP contribution in [0.3, 0.4) is 0 Å². The molecule has 0 aliphatic carbocycles. The monoisotopic (exact) mass is 217 g/mol. The molecule has 0 amide bonds. The summed E-state index contributed by atoms with van der Waals surface area (Å²) in [5, 5.41) is 9.08. The molecule has 1 atom stereocenters. The SMILES string of the molecule is N[C@H](CCCO)c1cc(Cl)ccc1F. The van der Waals surface area contributed by atoms with Crippen molar-refractivity contribution in [3.8, 4) is 0 Å². The maximum Gasteiger partial charge on any atom is 0.128 e. The Bertz CT molecular complexity index is 306. The lowest BCUT2D eigenvalue weighted by Crippen LogP contribution is -2.12. The van der Waals surface area contributed by atoms with Crippen LogP contribution < -0.4 is 5.73 Å². The van der Waals surface area contributed by atoms with Gasteiger partial charge in [-0.05, 0) is 31.0 Å². The van der Waals surface area contributed by atoms with Gasteiger partial charge in [-0.15, -0.1) is 0 Å². The van der Waals surface area contributed by atoms with E-state index in [0.717, 1.165) is 0 Å². The molecule has 4 heteroatoms. The Morgan fingerprint density at radius 1 is 1.50 bits per heavy atom. The largest absolute Gasteiger partial charge is 0.396 e. The second kappa shape index (κ2) is 5.29. The van der Waals surface area contributed by atoms with Gasteiger partial charge in [0.15, 0.2) is 0 Å². The van der Waals surface area contributed by atoms with Crippen molar-refractivity contribution in [1.29, 1.82) is 0 Å². The summed E-state index contributed by atoms with van der Waals surface area (Å²) in [5.41, 5.74) is 6.15. The predicted octanol–water partition coefficient (Wildman–Crippen LogP) is 2.25. The van der Waals surface area contributed by atoms with Crippen LogP contribution in [0.15, 0.2) is 18.2 Å². The molecular formula is C10H13ClFNO. The van der Waals surface area contributed by atoms with Gasteiger partial charge in [-0.2, -0.15) is 0 Å². The zero-order valence-corrected chi connectivity index (χ0v) is 8.47. The lowest BCUT2D eigenvalue weighted by molar-refractivity contribution is 0.279. The van der Waals surface area contributed by atoms with Crippen molar-refractivity contribution < 1.29 is 9.50 Å². The van der Waals surface area contributed by atoms with E-state index < -0.39 is 6.04 Å². The van der Waals surface area contributed by atoms with Crippen molar-refractivity contribution in [2.45, 2.75) is 18.9 Å². The molecule has 0 heterocycles. The van der Waals surface area contributed by atoms with Crippen LogP contribution in [0.4, 0.5) is 4.39 Å². The van der Waals surface area contributed by atoms with Gasteiger partial charge >= 0.3 is 0 Å². The summed E-state index contributed by atoms with van der Waals surface area (Å²) in [6.45, 7) is 0.0654. The van der Waals surface area contributed by atoms with Crippen molar-refractivity contribution >= 4 is 11.6 Å². The van der Waals surface area contributed by atoms with E-state index >= 15 is 0 Å². The highest BCUT2D eigenvalue weighted by atomic mass is 35.5. The summed E-state index contributed by atoms with van der Waals surface area (Å²) in [6.07, 6.45) is 1.11. The molecule has 0 radical (unpaired) electrons. The Hall–Kier alpha value is -0.640. The van der Waals surface area contributed by atoms with Crippen LogP contribution in [0.2, 0.25) is 5.02 Å². The smallest absolute Gasteiger partial charge is 0.128 e. The number of benzene rings is 1. The third-order valence-electron chi connectivity index (χ3n) is 2.03. The molecule has 3 N–H and O–H groups in total.